The van der Waals surface area contributed by atoms with Crippen molar-refractivity contribution < 1.29 is 19.1 Å². The molecule has 0 aromatic heterocycles. The predicted octanol–water partition coefficient (Wildman–Crippen LogP) is 2.72. The van der Waals surface area contributed by atoms with Crippen molar-refractivity contribution in [3.8, 4) is 11.8 Å². The Bertz CT molecular complexity index is 838. The maximum Gasteiger partial charge on any atom is 0.308 e. The van der Waals surface area contributed by atoms with Crippen LogP contribution in [0, 0.1) is 11.3 Å². The molecule has 0 heterocycles. The quantitative estimate of drug-likeness (QED) is 0.644. The van der Waals surface area contributed by atoms with E-state index in [1.807, 2.05) is 0 Å². The zero-order chi connectivity index (χ0) is 18.2. The smallest absolute Gasteiger partial charge is 0.308 e. The SMILES string of the molecule is CC(=O)Oc1cccc(C(=O)Nc2ccc(NC(=O)CC#N)cc2)c1. The van der Waals surface area contributed by atoms with Gasteiger partial charge in [0, 0.05) is 23.9 Å². The summed E-state index contributed by atoms with van der Waals surface area (Å²) in [4.78, 5) is 34.5. The number of esters is 1. The Hall–Kier alpha value is -3.66. The summed E-state index contributed by atoms with van der Waals surface area (Å²) in [5, 5.41) is 13.7. The number of carbonyl (C=O) groups is 3. The van der Waals surface area contributed by atoms with Gasteiger partial charge in [0.15, 0.2) is 0 Å². The first-order chi connectivity index (χ1) is 12.0. The van der Waals surface area contributed by atoms with E-state index in [2.05, 4.69) is 10.6 Å². The molecule has 25 heavy (non-hydrogen) atoms. The molecule has 0 atom stereocenters. The van der Waals surface area contributed by atoms with Gasteiger partial charge in [-0.2, -0.15) is 5.26 Å². The molecule has 0 radical (unpaired) electrons. The molecular formula is C18H15N3O4. The third kappa shape index (κ3) is 5.48. The number of anilines is 2. The molecule has 7 heteroatoms. The fraction of sp³-hybridized carbons (Fsp3) is 0.111. The number of nitrogens with zero attached hydrogens (tertiary/aromatic N) is 1. The lowest BCUT2D eigenvalue weighted by molar-refractivity contribution is -0.131. The standard InChI is InChI=1S/C18H15N3O4/c1-12(22)25-16-4-2-3-13(11-16)18(24)21-15-7-5-14(6-8-15)20-17(23)9-10-19/h2-8,11H,9H2,1H3,(H,20,23)(H,21,24). The van der Waals surface area contributed by atoms with Gasteiger partial charge in [0.05, 0.1) is 6.07 Å². The zero-order valence-electron chi connectivity index (χ0n) is 13.4. The predicted molar refractivity (Wildman–Crippen MR) is 91.0 cm³/mol. The van der Waals surface area contributed by atoms with Gasteiger partial charge in [0.1, 0.15) is 12.2 Å². The van der Waals surface area contributed by atoms with Gasteiger partial charge in [-0.1, -0.05) is 6.07 Å². The van der Waals surface area contributed by atoms with Gasteiger partial charge >= 0.3 is 5.97 Å². The number of benzene rings is 2. The highest BCUT2D eigenvalue weighted by Gasteiger charge is 2.09. The molecule has 2 aromatic rings. The van der Waals surface area contributed by atoms with E-state index in [1.165, 1.54) is 13.0 Å². The Kier molecular flexibility index (Phi) is 5.85. The largest absolute Gasteiger partial charge is 0.427 e. The van der Waals surface area contributed by atoms with Gasteiger partial charge in [-0.25, -0.2) is 0 Å². The highest BCUT2D eigenvalue weighted by Crippen LogP contribution is 2.17. The van der Waals surface area contributed by atoms with E-state index >= 15 is 0 Å². The van der Waals surface area contributed by atoms with E-state index in [-0.39, 0.29) is 18.1 Å². The van der Waals surface area contributed by atoms with E-state index < -0.39 is 11.9 Å². The number of amides is 2. The highest BCUT2D eigenvalue weighted by molar-refractivity contribution is 6.04. The average molecular weight is 337 g/mol. The summed E-state index contributed by atoms with van der Waals surface area (Å²) in [6, 6.07) is 14.5. The molecule has 2 N–H and O–H groups in total. The van der Waals surface area contributed by atoms with Crippen molar-refractivity contribution in [3.63, 3.8) is 0 Å². The maximum absolute atomic E-state index is 12.2. The molecule has 0 saturated carbocycles. The van der Waals surface area contributed by atoms with Crippen LogP contribution in [0.4, 0.5) is 11.4 Å². The number of rotatable bonds is 5. The molecule has 2 amide bonds. The van der Waals surface area contributed by atoms with Gasteiger partial charge in [0.2, 0.25) is 5.91 Å². The lowest BCUT2D eigenvalue weighted by Crippen LogP contribution is -2.13. The monoisotopic (exact) mass is 337 g/mol. The minimum absolute atomic E-state index is 0.225. The van der Waals surface area contributed by atoms with Crippen molar-refractivity contribution in [2.45, 2.75) is 13.3 Å². The first-order valence-corrected chi connectivity index (χ1v) is 7.34. The van der Waals surface area contributed by atoms with Gasteiger partial charge in [0.25, 0.3) is 5.91 Å². The van der Waals surface area contributed by atoms with Crippen LogP contribution in [0.25, 0.3) is 0 Å². The van der Waals surface area contributed by atoms with Crippen molar-refractivity contribution in [2.24, 2.45) is 0 Å². The second-order valence-electron chi connectivity index (χ2n) is 5.04. The van der Waals surface area contributed by atoms with Crippen LogP contribution in [0.2, 0.25) is 0 Å². The topological polar surface area (TPSA) is 108 Å². The van der Waals surface area contributed by atoms with Gasteiger partial charge in [-0.05, 0) is 42.5 Å². The Morgan fingerprint density at radius 2 is 1.68 bits per heavy atom. The van der Waals surface area contributed by atoms with Crippen LogP contribution >= 0.6 is 0 Å². The average Bonchev–Trinajstić information content (AvgIpc) is 2.56. The summed E-state index contributed by atoms with van der Waals surface area (Å²) >= 11 is 0. The molecule has 2 aromatic carbocycles. The zero-order valence-corrected chi connectivity index (χ0v) is 13.4. The first kappa shape index (κ1) is 17.7. The number of nitrogens with one attached hydrogen (secondary N) is 2. The van der Waals surface area contributed by atoms with Crippen molar-refractivity contribution >= 4 is 29.2 Å². The molecule has 0 aliphatic rings. The van der Waals surface area contributed by atoms with Gasteiger partial charge in [-0.15, -0.1) is 0 Å². The molecule has 0 bridgehead atoms. The second kappa shape index (κ2) is 8.26. The van der Waals surface area contributed by atoms with Crippen molar-refractivity contribution in [2.75, 3.05) is 10.6 Å². The summed E-state index contributed by atoms with van der Waals surface area (Å²) in [6.45, 7) is 1.28. The summed E-state index contributed by atoms with van der Waals surface area (Å²) in [5.74, 6) is -0.945. The van der Waals surface area contributed by atoms with E-state index in [1.54, 1.807) is 48.5 Å². The van der Waals surface area contributed by atoms with Crippen LogP contribution in [0.5, 0.6) is 5.75 Å². The molecule has 0 unspecified atom stereocenters. The van der Waals surface area contributed by atoms with Gasteiger partial charge < -0.3 is 15.4 Å². The molecule has 2 rings (SSSR count). The molecule has 0 spiro atoms. The maximum atomic E-state index is 12.2. The van der Waals surface area contributed by atoms with Crippen LogP contribution < -0.4 is 15.4 Å². The molecule has 7 nitrogen and oxygen atoms in total. The number of ether oxygens (including phenoxy) is 1. The fourth-order valence-electron chi connectivity index (χ4n) is 1.98. The molecule has 0 saturated heterocycles. The number of carbonyl (C=O) groups excluding carboxylic acids is 3. The summed E-state index contributed by atoms with van der Waals surface area (Å²) in [6.07, 6.45) is -0.225. The molecular weight excluding hydrogens is 322 g/mol. The Labute approximate surface area is 144 Å². The highest BCUT2D eigenvalue weighted by atomic mass is 16.5. The minimum Gasteiger partial charge on any atom is -0.427 e. The third-order valence-corrected chi connectivity index (χ3v) is 3.02. The number of hydrogen-bond acceptors (Lipinski definition) is 5. The molecule has 0 aliphatic heterocycles. The van der Waals surface area contributed by atoms with Crippen LogP contribution in [-0.4, -0.2) is 17.8 Å². The van der Waals surface area contributed by atoms with Crippen molar-refractivity contribution in [3.05, 3.63) is 54.1 Å². The summed E-state index contributed by atoms with van der Waals surface area (Å²) in [7, 11) is 0. The Morgan fingerprint density at radius 3 is 2.28 bits per heavy atom. The molecule has 0 aliphatic carbocycles. The van der Waals surface area contributed by atoms with E-state index in [0.29, 0.717) is 16.9 Å². The van der Waals surface area contributed by atoms with E-state index in [0.717, 1.165) is 0 Å². The van der Waals surface area contributed by atoms with Crippen LogP contribution in [0.1, 0.15) is 23.7 Å². The summed E-state index contributed by atoms with van der Waals surface area (Å²) in [5.41, 5.74) is 1.39. The molecule has 126 valence electrons. The van der Waals surface area contributed by atoms with Crippen molar-refractivity contribution in [1.82, 2.24) is 0 Å². The minimum atomic E-state index is -0.466. The number of nitriles is 1. The lowest BCUT2D eigenvalue weighted by Gasteiger charge is -2.08. The Balaban J connectivity index is 2.02. The lowest BCUT2D eigenvalue weighted by atomic mass is 10.2. The third-order valence-electron chi connectivity index (χ3n) is 3.02. The van der Waals surface area contributed by atoms with E-state index in [4.69, 9.17) is 10.00 Å². The fourth-order valence-corrected chi connectivity index (χ4v) is 1.98. The van der Waals surface area contributed by atoms with Crippen LogP contribution in [0.15, 0.2) is 48.5 Å². The van der Waals surface area contributed by atoms with Crippen molar-refractivity contribution in [1.29, 1.82) is 5.26 Å². The Morgan fingerprint density at radius 1 is 1.04 bits per heavy atom. The number of hydrogen-bond donors (Lipinski definition) is 2. The van der Waals surface area contributed by atoms with Crippen LogP contribution in [-0.2, 0) is 9.59 Å². The summed E-state index contributed by atoms with van der Waals surface area (Å²) < 4.78 is 4.95. The normalized spacial score (nSPS) is 9.60. The molecule has 0 fully saturated rings. The first-order valence-electron chi connectivity index (χ1n) is 7.34. The van der Waals surface area contributed by atoms with Gasteiger partial charge in [-0.3, -0.25) is 14.4 Å². The van der Waals surface area contributed by atoms with Crippen LogP contribution in [0.3, 0.4) is 0 Å². The van der Waals surface area contributed by atoms with E-state index in [9.17, 15) is 14.4 Å². The second-order valence-corrected chi connectivity index (χ2v) is 5.04.